The standard InChI is InChI=1S/C18H27N3O3/c1-3-20(4-2)18(23)21-12-10-15(11-13-21)19-17(22)14-24-16-8-6-5-7-9-16/h5-9,15H,3-4,10-14H2,1-2H3,(H,19,22). The predicted octanol–water partition coefficient (Wildman–Crippen LogP) is 2.11. The van der Waals surface area contributed by atoms with Crippen molar-refractivity contribution < 1.29 is 14.3 Å². The van der Waals surface area contributed by atoms with Crippen molar-refractivity contribution in [2.75, 3.05) is 32.8 Å². The van der Waals surface area contributed by atoms with Gasteiger partial charge in [-0.25, -0.2) is 4.79 Å². The van der Waals surface area contributed by atoms with Crippen LogP contribution in [0.1, 0.15) is 26.7 Å². The molecule has 0 spiro atoms. The van der Waals surface area contributed by atoms with Gasteiger partial charge in [-0.1, -0.05) is 18.2 Å². The highest BCUT2D eigenvalue weighted by Gasteiger charge is 2.25. The van der Waals surface area contributed by atoms with Crippen LogP contribution in [0.25, 0.3) is 0 Å². The van der Waals surface area contributed by atoms with Gasteiger partial charge in [-0.05, 0) is 38.8 Å². The number of hydrogen-bond acceptors (Lipinski definition) is 3. The highest BCUT2D eigenvalue weighted by Crippen LogP contribution is 2.13. The first-order valence-electron chi connectivity index (χ1n) is 8.65. The van der Waals surface area contributed by atoms with Crippen LogP contribution in [0.15, 0.2) is 30.3 Å². The van der Waals surface area contributed by atoms with Crippen LogP contribution in [0, 0.1) is 0 Å². The average Bonchev–Trinajstić information content (AvgIpc) is 2.62. The number of rotatable bonds is 6. The maximum Gasteiger partial charge on any atom is 0.319 e. The number of urea groups is 1. The second-order valence-corrected chi connectivity index (χ2v) is 5.89. The van der Waals surface area contributed by atoms with Crippen LogP contribution >= 0.6 is 0 Å². The van der Waals surface area contributed by atoms with E-state index in [-0.39, 0.29) is 24.6 Å². The van der Waals surface area contributed by atoms with Crippen molar-refractivity contribution in [2.24, 2.45) is 0 Å². The Bertz CT molecular complexity index is 524. The highest BCUT2D eigenvalue weighted by atomic mass is 16.5. The van der Waals surface area contributed by atoms with E-state index in [0.29, 0.717) is 18.8 Å². The molecular weight excluding hydrogens is 306 g/mol. The monoisotopic (exact) mass is 333 g/mol. The lowest BCUT2D eigenvalue weighted by Crippen LogP contribution is -2.51. The molecule has 1 saturated heterocycles. The molecule has 0 saturated carbocycles. The van der Waals surface area contributed by atoms with Gasteiger partial charge in [-0.3, -0.25) is 4.79 Å². The van der Waals surface area contributed by atoms with Gasteiger partial charge < -0.3 is 19.9 Å². The Hall–Kier alpha value is -2.24. The topological polar surface area (TPSA) is 61.9 Å². The van der Waals surface area contributed by atoms with Crippen LogP contribution in [0.4, 0.5) is 4.79 Å². The summed E-state index contributed by atoms with van der Waals surface area (Å²) in [4.78, 5) is 28.0. The van der Waals surface area contributed by atoms with Crippen molar-refractivity contribution in [1.82, 2.24) is 15.1 Å². The molecule has 1 aromatic rings. The van der Waals surface area contributed by atoms with E-state index in [1.165, 1.54) is 0 Å². The Labute approximate surface area is 143 Å². The molecule has 1 aliphatic heterocycles. The van der Waals surface area contributed by atoms with Gasteiger partial charge in [0, 0.05) is 32.2 Å². The predicted molar refractivity (Wildman–Crippen MR) is 93.0 cm³/mol. The zero-order valence-electron chi connectivity index (χ0n) is 14.5. The molecule has 132 valence electrons. The number of nitrogens with zero attached hydrogens (tertiary/aromatic N) is 2. The van der Waals surface area contributed by atoms with E-state index >= 15 is 0 Å². The summed E-state index contributed by atoms with van der Waals surface area (Å²) in [7, 11) is 0. The van der Waals surface area contributed by atoms with Crippen molar-refractivity contribution >= 4 is 11.9 Å². The lowest BCUT2D eigenvalue weighted by atomic mass is 10.1. The molecule has 1 heterocycles. The molecule has 1 N–H and O–H groups in total. The Morgan fingerprint density at radius 2 is 1.79 bits per heavy atom. The minimum Gasteiger partial charge on any atom is -0.484 e. The zero-order valence-corrected chi connectivity index (χ0v) is 14.5. The van der Waals surface area contributed by atoms with E-state index in [4.69, 9.17) is 4.74 Å². The van der Waals surface area contributed by atoms with Gasteiger partial charge in [0.05, 0.1) is 0 Å². The third kappa shape index (κ3) is 5.15. The molecule has 1 fully saturated rings. The minimum absolute atomic E-state index is 0.0165. The summed E-state index contributed by atoms with van der Waals surface area (Å²) in [6, 6.07) is 9.50. The van der Waals surface area contributed by atoms with Crippen molar-refractivity contribution in [2.45, 2.75) is 32.7 Å². The van der Waals surface area contributed by atoms with Gasteiger partial charge in [0.25, 0.3) is 5.91 Å². The number of para-hydroxylation sites is 1. The van der Waals surface area contributed by atoms with E-state index in [9.17, 15) is 9.59 Å². The van der Waals surface area contributed by atoms with Crippen LogP contribution in [0.5, 0.6) is 5.75 Å². The molecule has 0 aromatic heterocycles. The van der Waals surface area contributed by atoms with E-state index in [2.05, 4.69) is 5.32 Å². The van der Waals surface area contributed by atoms with Gasteiger partial charge in [0.15, 0.2) is 6.61 Å². The van der Waals surface area contributed by atoms with Crippen LogP contribution in [-0.4, -0.2) is 60.6 Å². The Morgan fingerprint density at radius 1 is 1.17 bits per heavy atom. The third-order valence-corrected chi connectivity index (χ3v) is 4.28. The molecule has 0 unspecified atom stereocenters. The molecule has 2 rings (SSSR count). The normalized spacial score (nSPS) is 15.0. The van der Waals surface area contributed by atoms with Gasteiger partial charge in [0.2, 0.25) is 0 Å². The summed E-state index contributed by atoms with van der Waals surface area (Å²) in [5, 5.41) is 2.99. The number of likely N-dealkylation sites (tertiary alicyclic amines) is 1. The van der Waals surface area contributed by atoms with Gasteiger partial charge in [0.1, 0.15) is 5.75 Å². The summed E-state index contributed by atoms with van der Waals surface area (Å²) >= 11 is 0. The van der Waals surface area contributed by atoms with E-state index in [1.807, 2.05) is 54.0 Å². The summed E-state index contributed by atoms with van der Waals surface area (Å²) in [6.07, 6.45) is 1.56. The van der Waals surface area contributed by atoms with Crippen LogP contribution in [0.2, 0.25) is 0 Å². The number of piperidine rings is 1. The average molecular weight is 333 g/mol. The number of ether oxygens (including phenoxy) is 1. The van der Waals surface area contributed by atoms with Crippen LogP contribution in [-0.2, 0) is 4.79 Å². The maximum atomic E-state index is 12.3. The fourth-order valence-corrected chi connectivity index (χ4v) is 2.84. The number of hydrogen-bond donors (Lipinski definition) is 1. The number of amides is 3. The lowest BCUT2D eigenvalue weighted by molar-refractivity contribution is -0.124. The molecule has 1 aromatic carbocycles. The molecule has 0 radical (unpaired) electrons. The summed E-state index contributed by atoms with van der Waals surface area (Å²) in [5.41, 5.74) is 0. The first-order valence-corrected chi connectivity index (χ1v) is 8.65. The molecule has 0 atom stereocenters. The number of benzene rings is 1. The second-order valence-electron chi connectivity index (χ2n) is 5.89. The van der Waals surface area contributed by atoms with E-state index < -0.39 is 0 Å². The largest absolute Gasteiger partial charge is 0.484 e. The van der Waals surface area contributed by atoms with E-state index in [1.54, 1.807) is 0 Å². The van der Waals surface area contributed by atoms with Crippen LogP contribution < -0.4 is 10.1 Å². The van der Waals surface area contributed by atoms with E-state index in [0.717, 1.165) is 25.9 Å². The smallest absolute Gasteiger partial charge is 0.319 e. The summed E-state index contributed by atoms with van der Waals surface area (Å²) in [6.45, 7) is 6.80. The first kappa shape index (κ1) is 18.1. The van der Waals surface area contributed by atoms with Crippen molar-refractivity contribution in [3.05, 3.63) is 30.3 Å². The van der Waals surface area contributed by atoms with Gasteiger partial charge in [-0.15, -0.1) is 0 Å². The number of carbonyl (C=O) groups excluding carboxylic acids is 2. The molecular formula is C18H27N3O3. The number of carbonyl (C=O) groups is 2. The molecule has 3 amide bonds. The number of nitrogens with one attached hydrogen (secondary N) is 1. The van der Waals surface area contributed by atoms with Crippen molar-refractivity contribution in [1.29, 1.82) is 0 Å². The summed E-state index contributed by atoms with van der Waals surface area (Å²) in [5.74, 6) is 0.569. The van der Waals surface area contributed by atoms with Gasteiger partial charge >= 0.3 is 6.03 Å². The maximum absolute atomic E-state index is 12.3. The minimum atomic E-state index is -0.118. The fraction of sp³-hybridized carbons (Fsp3) is 0.556. The highest BCUT2D eigenvalue weighted by molar-refractivity contribution is 5.78. The van der Waals surface area contributed by atoms with Crippen molar-refractivity contribution in [3.8, 4) is 5.75 Å². The second kappa shape index (κ2) is 9.15. The first-order chi connectivity index (χ1) is 11.6. The summed E-state index contributed by atoms with van der Waals surface area (Å²) < 4.78 is 5.45. The quantitative estimate of drug-likeness (QED) is 0.867. The van der Waals surface area contributed by atoms with Crippen LogP contribution in [0.3, 0.4) is 0 Å². The molecule has 24 heavy (non-hydrogen) atoms. The molecule has 0 aliphatic carbocycles. The lowest BCUT2D eigenvalue weighted by Gasteiger charge is -2.35. The molecule has 1 aliphatic rings. The Morgan fingerprint density at radius 3 is 2.38 bits per heavy atom. The fourth-order valence-electron chi connectivity index (χ4n) is 2.84. The van der Waals surface area contributed by atoms with Gasteiger partial charge in [-0.2, -0.15) is 0 Å². The van der Waals surface area contributed by atoms with Crippen molar-refractivity contribution in [3.63, 3.8) is 0 Å². The molecule has 0 bridgehead atoms. The zero-order chi connectivity index (χ0) is 17.4. The third-order valence-electron chi connectivity index (χ3n) is 4.28. The molecule has 6 nitrogen and oxygen atoms in total. The Balaban J connectivity index is 1.70. The molecule has 6 heteroatoms. The Kier molecular flexibility index (Phi) is 6.90. The SMILES string of the molecule is CCN(CC)C(=O)N1CCC(NC(=O)COc2ccccc2)CC1.